The van der Waals surface area contributed by atoms with Crippen LogP contribution in [0.1, 0.15) is 16.5 Å². The Morgan fingerprint density at radius 3 is 2.74 bits per heavy atom. The predicted molar refractivity (Wildman–Crippen MR) is 104 cm³/mol. The molecule has 7 nitrogen and oxygen atoms in total. The van der Waals surface area contributed by atoms with Gasteiger partial charge in [-0.2, -0.15) is 0 Å². The SMILES string of the molecule is C[NH+]1CC[NH+]([C@@H](CN=Cc2cc(Cl)cc([N+](=O)[O-])c2[O-])c2cccs2)CC1. The van der Waals surface area contributed by atoms with Gasteiger partial charge in [0.05, 0.1) is 23.4 Å². The van der Waals surface area contributed by atoms with Gasteiger partial charge in [-0.3, -0.25) is 15.1 Å². The van der Waals surface area contributed by atoms with E-state index in [0.29, 0.717) is 6.54 Å². The number of hydrogen-bond donors (Lipinski definition) is 2. The van der Waals surface area contributed by atoms with E-state index >= 15 is 0 Å². The fourth-order valence-corrected chi connectivity index (χ4v) is 4.44. The number of nitro groups is 1. The van der Waals surface area contributed by atoms with Crippen LogP contribution in [0.2, 0.25) is 5.02 Å². The summed E-state index contributed by atoms with van der Waals surface area (Å²) in [4.78, 5) is 19.0. The molecule has 0 unspecified atom stereocenters. The molecule has 0 radical (unpaired) electrons. The molecule has 144 valence electrons. The molecule has 0 amide bonds. The molecule has 2 heterocycles. The van der Waals surface area contributed by atoms with Gasteiger partial charge >= 0.3 is 0 Å². The second-order valence-electron chi connectivity index (χ2n) is 6.78. The van der Waals surface area contributed by atoms with E-state index in [4.69, 9.17) is 11.6 Å². The standard InChI is InChI=1S/C18H21ClN4O3S/c1-21-4-6-22(7-5-21)16(17-3-2-8-27-17)12-20-11-13-9-14(19)10-15(18(13)24)23(25)26/h2-3,8-11,16,24H,4-7,12H2,1H3/p+1/t16-/m0/s1. The van der Waals surface area contributed by atoms with E-state index in [9.17, 15) is 15.2 Å². The second kappa shape index (κ2) is 8.79. The summed E-state index contributed by atoms with van der Waals surface area (Å²) in [5.74, 6) is -0.656. The Bertz CT molecular complexity index is 820. The largest absolute Gasteiger partial charge is 0.867 e. The van der Waals surface area contributed by atoms with Crippen molar-refractivity contribution in [1.82, 2.24) is 0 Å². The average molecular weight is 410 g/mol. The topological polar surface area (TPSA) is 87.4 Å². The molecule has 0 bridgehead atoms. The van der Waals surface area contributed by atoms with Crippen LogP contribution in [0.4, 0.5) is 5.69 Å². The van der Waals surface area contributed by atoms with Gasteiger partial charge < -0.3 is 14.9 Å². The molecule has 1 fully saturated rings. The molecule has 1 aliphatic heterocycles. The molecule has 27 heavy (non-hydrogen) atoms. The molecular formula is C18H22ClN4O3S+. The Hall–Kier alpha value is -2.00. The number of hydrogen-bond acceptors (Lipinski definition) is 5. The van der Waals surface area contributed by atoms with Crippen molar-refractivity contribution in [1.29, 1.82) is 0 Å². The van der Waals surface area contributed by atoms with E-state index in [-0.39, 0.29) is 16.6 Å². The van der Waals surface area contributed by atoms with Crippen molar-refractivity contribution in [2.24, 2.45) is 4.99 Å². The smallest absolute Gasteiger partial charge is 0.263 e. The van der Waals surface area contributed by atoms with Gasteiger partial charge in [0.25, 0.3) is 5.69 Å². The summed E-state index contributed by atoms with van der Waals surface area (Å²) in [7, 11) is 2.21. The number of benzene rings is 1. The zero-order valence-corrected chi connectivity index (χ0v) is 16.6. The van der Waals surface area contributed by atoms with Crippen molar-refractivity contribution in [2.75, 3.05) is 39.8 Å². The summed E-state index contributed by atoms with van der Waals surface area (Å²) >= 11 is 7.62. The van der Waals surface area contributed by atoms with Crippen molar-refractivity contribution in [3.8, 4) is 5.75 Å². The molecule has 1 saturated heterocycles. The molecule has 1 atom stereocenters. The minimum absolute atomic E-state index is 0.150. The Labute approximate surface area is 166 Å². The lowest BCUT2D eigenvalue weighted by molar-refractivity contribution is -1.02. The van der Waals surface area contributed by atoms with Crippen molar-refractivity contribution in [2.45, 2.75) is 6.04 Å². The summed E-state index contributed by atoms with van der Waals surface area (Å²) in [5.41, 5.74) is -0.372. The maximum absolute atomic E-state index is 12.2. The zero-order valence-electron chi connectivity index (χ0n) is 15.0. The molecule has 1 aromatic heterocycles. The number of nitrogens with one attached hydrogen (secondary N) is 2. The monoisotopic (exact) mass is 409 g/mol. The molecule has 0 saturated carbocycles. The van der Waals surface area contributed by atoms with Crippen LogP contribution in [0.25, 0.3) is 0 Å². The molecule has 0 aliphatic carbocycles. The van der Waals surface area contributed by atoms with E-state index < -0.39 is 16.4 Å². The summed E-state index contributed by atoms with van der Waals surface area (Å²) in [5, 5.41) is 25.4. The summed E-state index contributed by atoms with van der Waals surface area (Å²) in [6, 6.07) is 6.87. The third kappa shape index (κ3) is 4.84. The van der Waals surface area contributed by atoms with Crippen molar-refractivity contribution < 1.29 is 19.8 Å². The van der Waals surface area contributed by atoms with Crippen LogP contribution in [0.3, 0.4) is 0 Å². The van der Waals surface area contributed by atoms with E-state index in [0.717, 1.165) is 32.2 Å². The lowest BCUT2D eigenvalue weighted by Gasteiger charge is -2.32. The van der Waals surface area contributed by atoms with Gasteiger partial charge in [-0.05, 0) is 28.8 Å². The van der Waals surface area contributed by atoms with Gasteiger partial charge in [0.1, 0.15) is 32.2 Å². The van der Waals surface area contributed by atoms with E-state index in [2.05, 4.69) is 23.5 Å². The molecule has 1 aromatic carbocycles. The minimum Gasteiger partial charge on any atom is -0.867 e. The molecule has 3 rings (SSSR count). The fourth-order valence-electron chi connectivity index (χ4n) is 3.34. The quantitative estimate of drug-likeness (QED) is 0.398. The van der Waals surface area contributed by atoms with Crippen LogP contribution in [0.5, 0.6) is 5.75 Å². The van der Waals surface area contributed by atoms with Gasteiger partial charge in [0.15, 0.2) is 0 Å². The summed E-state index contributed by atoms with van der Waals surface area (Å²) < 4.78 is 0. The van der Waals surface area contributed by atoms with Gasteiger partial charge in [-0.25, -0.2) is 0 Å². The summed E-state index contributed by atoms with van der Waals surface area (Å²) in [6.45, 7) is 4.89. The first-order chi connectivity index (χ1) is 13.0. The number of nitrogens with zero attached hydrogens (tertiary/aromatic N) is 2. The van der Waals surface area contributed by atoms with Gasteiger partial charge in [0.2, 0.25) is 0 Å². The first-order valence-electron chi connectivity index (χ1n) is 8.79. The van der Waals surface area contributed by atoms with Gasteiger partial charge in [0, 0.05) is 17.3 Å². The second-order valence-corrected chi connectivity index (χ2v) is 8.19. The Morgan fingerprint density at radius 1 is 1.37 bits per heavy atom. The Morgan fingerprint density at radius 2 is 2.11 bits per heavy atom. The zero-order chi connectivity index (χ0) is 19.4. The van der Waals surface area contributed by atoms with Crippen LogP contribution in [-0.4, -0.2) is 50.9 Å². The number of nitro benzene ring substituents is 1. The third-order valence-electron chi connectivity index (χ3n) is 4.90. The molecule has 2 N–H and O–H groups in total. The Kier molecular flexibility index (Phi) is 6.43. The van der Waals surface area contributed by atoms with Gasteiger partial charge in [-0.1, -0.05) is 17.7 Å². The van der Waals surface area contributed by atoms with E-state index in [1.807, 2.05) is 6.07 Å². The maximum Gasteiger partial charge on any atom is 0.263 e. The number of halogens is 1. The van der Waals surface area contributed by atoms with Crippen LogP contribution in [-0.2, 0) is 0 Å². The highest BCUT2D eigenvalue weighted by atomic mass is 35.5. The fraction of sp³-hybridized carbons (Fsp3) is 0.389. The average Bonchev–Trinajstić information content (AvgIpc) is 3.16. The molecule has 2 aromatic rings. The number of thiophene rings is 1. The van der Waals surface area contributed by atoms with Crippen LogP contribution >= 0.6 is 22.9 Å². The third-order valence-corrected chi connectivity index (χ3v) is 6.11. The molecule has 9 heteroatoms. The predicted octanol–water partition coefficient (Wildman–Crippen LogP) is -0.0433. The maximum atomic E-state index is 12.2. The number of quaternary nitrogens is 2. The number of piperazine rings is 1. The lowest BCUT2D eigenvalue weighted by Crippen LogP contribution is -3.27. The van der Waals surface area contributed by atoms with Crippen molar-refractivity contribution in [3.05, 3.63) is 55.2 Å². The molecule has 0 spiro atoms. The lowest BCUT2D eigenvalue weighted by atomic mass is 10.1. The minimum atomic E-state index is -0.712. The molecular weight excluding hydrogens is 388 g/mol. The van der Waals surface area contributed by atoms with E-state index in [1.54, 1.807) is 11.3 Å². The normalized spacial score (nSPS) is 21.4. The Balaban J connectivity index is 1.79. The summed E-state index contributed by atoms with van der Waals surface area (Å²) in [6.07, 6.45) is 1.42. The van der Waals surface area contributed by atoms with Crippen LogP contribution < -0.4 is 14.9 Å². The van der Waals surface area contributed by atoms with Crippen LogP contribution in [0.15, 0.2) is 34.6 Å². The van der Waals surface area contributed by atoms with Crippen LogP contribution in [0, 0.1) is 10.1 Å². The first kappa shape index (κ1) is 19.8. The molecule has 1 aliphatic rings. The van der Waals surface area contributed by atoms with E-state index in [1.165, 1.54) is 27.0 Å². The van der Waals surface area contributed by atoms with Crippen molar-refractivity contribution in [3.63, 3.8) is 0 Å². The highest BCUT2D eigenvalue weighted by molar-refractivity contribution is 7.10. The number of aliphatic imine (C=N–C) groups is 1. The number of rotatable bonds is 6. The first-order valence-corrected chi connectivity index (χ1v) is 10.1. The van der Waals surface area contributed by atoms with Crippen molar-refractivity contribution >= 4 is 34.8 Å². The number of likely N-dealkylation sites (N-methyl/N-ethyl adjacent to an activating group) is 1. The highest BCUT2D eigenvalue weighted by Crippen LogP contribution is 2.30. The van der Waals surface area contributed by atoms with Gasteiger partial charge in [-0.15, -0.1) is 11.3 Å². The highest BCUT2D eigenvalue weighted by Gasteiger charge is 2.29.